The Morgan fingerprint density at radius 2 is 1.80 bits per heavy atom. The molecule has 13 heteroatoms. The van der Waals surface area contributed by atoms with E-state index in [-0.39, 0.29) is 38.6 Å². The number of benzene rings is 2. The molecule has 3 aliphatic rings. The normalized spacial score (nSPS) is 24.2. The monoisotopic (exact) mass is 625 g/mol. The zero-order chi connectivity index (χ0) is 29.7. The molecule has 2 aromatic carbocycles. The quantitative estimate of drug-likeness (QED) is 0.347. The van der Waals surface area contributed by atoms with E-state index in [1.54, 1.807) is 6.92 Å². The Hall–Kier alpha value is -3.34. The van der Waals surface area contributed by atoms with Crippen LogP contribution in [0.2, 0.25) is 10.0 Å². The lowest BCUT2D eigenvalue weighted by molar-refractivity contribution is -0.275. The topological polar surface area (TPSA) is 80.6 Å². The molecule has 214 valence electrons. The van der Waals surface area contributed by atoms with Gasteiger partial charge >= 0.3 is 12.3 Å². The summed E-state index contributed by atoms with van der Waals surface area (Å²) < 4.78 is 48.0. The number of fused-ring (bicyclic) bond motifs is 1. The molecule has 0 aromatic heterocycles. The number of methoxy groups -OCH3 is 1. The number of oxime groups is 1. The summed E-state index contributed by atoms with van der Waals surface area (Å²) in [7, 11) is 1.14. The molecular weight excluding hydrogens is 606 g/mol. The number of amides is 2. The Morgan fingerprint density at radius 1 is 1.10 bits per heavy atom. The third-order valence-electron chi connectivity index (χ3n) is 7.06. The van der Waals surface area contributed by atoms with E-state index >= 15 is 0 Å². The van der Waals surface area contributed by atoms with Crippen LogP contribution in [-0.2, 0) is 15.2 Å². The molecule has 2 atom stereocenters. The van der Waals surface area contributed by atoms with Crippen molar-refractivity contribution < 1.29 is 32.3 Å². The third kappa shape index (κ3) is 5.60. The molecule has 0 saturated heterocycles. The maximum absolute atomic E-state index is 14.4. The molecule has 1 aliphatic carbocycles. The molecule has 2 aliphatic heterocycles. The second-order valence-electron chi connectivity index (χ2n) is 9.81. The van der Waals surface area contributed by atoms with Crippen LogP contribution in [-0.4, -0.2) is 41.7 Å². The summed E-state index contributed by atoms with van der Waals surface area (Å²) in [5.41, 5.74) is -1.20. The van der Waals surface area contributed by atoms with E-state index in [0.717, 1.165) is 36.1 Å². The number of aliphatic imine (C=N–C) groups is 1. The van der Waals surface area contributed by atoms with E-state index in [2.05, 4.69) is 10.1 Å². The summed E-state index contributed by atoms with van der Waals surface area (Å²) in [5.74, 6) is -0.442. The van der Waals surface area contributed by atoms with E-state index in [4.69, 9.17) is 44.4 Å². The lowest BCUT2D eigenvalue weighted by Gasteiger charge is -2.29. The van der Waals surface area contributed by atoms with Crippen molar-refractivity contribution in [1.29, 1.82) is 0 Å². The number of aryl methyl sites for hydroxylation is 1. The number of alkyl halides is 3. The largest absolute Gasteiger partial charge is 0.452 e. The van der Waals surface area contributed by atoms with Gasteiger partial charge in [0, 0.05) is 40.2 Å². The first-order valence-corrected chi connectivity index (χ1v) is 13.4. The van der Waals surface area contributed by atoms with Gasteiger partial charge in [-0.25, -0.2) is 9.79 Å². The number of carbonyl (C=O) groups excluding carboxylic acids is 2. The minimum absolute atomic E-state index is 0.00238. The highest BCUT2D eigenvalue weighted by Crippen LogP contribution is 2.50. The first-order valence-electron chi connectivity index (χ1n) is 12.3. The molecule has 41 heavy (non-hydrogen) atoms. The lowest BCUT2D eigenvalue weighted by Crippen LogP contribution is -2.43. The summed E-state index contributed by atoms with van der Waals surface area (Å²) in [6, 6.07) is 7.93. The average molecular weight is 627 g/mol. The number of imide groups is 1. The van der Waals surface area contributed by atoms with Crippen molar-refractivity contribution >= 4 is 58.4 Å². The number of amidine groups is 1. The van der Waals surface area contributed by atoms with E-state index in [0.29, 0.717) is 22.6 Å². The van der Waals surface area contributed by atoms with Crippen molar-refractivity contribution in [3.8, 4) is 0 Å². The van der Waals surface area contributed by atoms with Crippen LogP contribution in [0.4, 0.5) is 18.0 Å². The Morgan fingerprint density at radius 3 is 2.44 bits per heavy atom. The van der Waals surface area contributed by atoms with Gasteiger partial charge in [0.25, 0.3) is 11.5 Å². The molecular formula is C28H21Cl3F3N3O4. The first-order chi connectivity index (χ1) is 19.3. The number of halogens is 6. The third-order valence-corrected chi connectivity index (χ3v) is 7.70. The molecule has 0 N–H and O–H groups in total. The van der Waals surface area contributed by atoms with E-state index in [1.807, 2.05) is 6.08 Å². The summed E-state index contributed by atoms with van der Waals surface area (Å²) in [6.07, 6.45) is -2.19. The number of rotatable bonds is 3. The summed E-state index contributed by atoms with van der Waals surface area (Å²) >= 11 is 18.1. The minimum atomic E-state index is -4.86. The van der Waals surface area contributed by atoms with Crippen LogP contribution in [0.1, 0.15) is 46.3 Å². The van der Waals surface area contributed by atoms with Gasteiger partial charge in [-0.2, -0.15) is 18.1 Å². The summed E-state index contributed by atoms with van der Waals surface area (Å²) in [5, 5.41) is 4.16. The fraction of sp³-hybridized carbons (Fsp3) is 0.286. The highest BCUT2D eigenvalue weighted by molar-refractivity contribution is 6.34. The predicted octanol–water partition coefficient (Wildman–Crippen LogP) is 7.92. The van der Waals surface area contributed by atoms with Crippen molar-refractivity contribution in [3.05, 3.63) is 91.6 Å². The fourth-order valence-electron chi connectivity index (χ4n) is 4.82. The molecule has 0 bridgehead atoms. The Labute approximate surface area is 247 Å². The van der Waals surface area contributed by atoms with E-state index in [9.17, 15) is 22.8 Å². The van der Waals surface area contributed by atoms with Crippen LogP contribution < -0.4 is 0 Å². The smallest absolute Gasteiger partial charge is 0.435 e. The van der Waals surface area contributed by atoms with Crippen LogP contribution in [0.25, 0.3) is 0 Å². The molecule has 2 aromatic rings. The van der Waals surface area contributed by atoms with Gasteiger partial charge in [-0.3, -0.25) is 4.79 Å². The van der Waals surface area contributed by atoms with Gasteiger partial charge in [0.05, 0.1) is 17.9 Å². The van der Waals surface area contributed by atoms with Gasteiger partial charge in [0.2, 0.25) is 0 Å². The first kappa shape index (κ1) is 29.2. The maximum Gasteiger partial charge on any atom is 0.435 e. The number of hydrogen-bond acceptors (Lipinski definition) is 6. The molecule has 2 unspecified atom stereocenters. The fourth-order valence-corrected chi connectivity index (χ4v) is 5.54. The second-order valence-corrected chi connectivity index (χ2v) is 11.1. The summed E-state index contributed by atoms with van der Waals surface area (Å²) in [4.78, 5) is 36.5. The molecule has 0 spiro atoms. The van der Waals surface area contributed by atoms with Gasteiger partial charge in [-0.1, -0.05) is 51.6 Å². The van der Waals surface area contributed by atoms with Gasteiger partial charge in [-0.15, -0.1) is 0 Å². The van der Waals surface area contributed by atoms with Crippen molar-refractivity contribution in [2.45, 2.75) is 38.0 Å². The number of nitrogens with zero attached hydrogens (tertiary/aromatic N) is 3. The number of allylic oxidation sites excluding steroid dienone is 3. The van der Waals surface area contributed by atoms with Crippen LogP contribution in [0, 0.1) is 12.8 Å². The standard InChI is InChI=1S/C28H21Cl3F3N3O4/c1-14-5-15(23-12-27(41-36-23,28(32,33)34)18-9-19(29)11-20(30)10-18)3-4-22(14)25(38)37(26(39)40-2)24-8-17-6-16(17)7-21(31)13-35-24/h3-5,7,9-11,13,17H,6,8,12H2,1-2H3/b16-7+,21-13+,35-24?. The van der Waals surface area contributed by atoms with Crippen molar-refractivity contribution in [2.24, 2.45) is 16.1 Å². The van der Waals surface area contributed by atoms with Gasteiger partial charge in [0.15, 0.2) is 0 Å². The molecule has 1 fully saturated rings. The number of ether oxygens (including phenoxy) is 1. The zero-order valence-corrected chi connectivity index (χ0v) is 23.8. The Balaban J connectivity index is 1.45. The van der Waals surface area contributed by atoms with Crippen LogP contribution in [0.5, 0.6) is 0 Å². The van der Waals surface area contributed by atoms with Crippen LogP contribution in [0.15, 0.2) is 69.4 Å². The molecule has 0 radical (unpaired) electrons. The predicted molar refractivity (Wildman–Crippen MR) is 148 cm³/mol. The van der Waals surface area contributed by atoms with Gasteiger partial charge in [0.1, 0.15) is 5.84 Å². The van der Waals surface area contributed by atoms with E-state index < -0.39 is 30.2 Å². The van der Waals surface area contributed by atoms with Crippen molar-refractivity contribution in [2.75, 3.05) is 7.11 Å². The van der Waals surface area contributed by atoms with Gasteiger partial charge in [-0.05, 0) is 66.8 Å². The minimum Gasteiger partial charge on any atom is -0.452 e. The molecule has 2 amide bonds. The zero-order valence-electron chi connectivity index (χ0n) is 21.6. The molecule has 7 nitrogen and oxygen atoms in total. The highest BCUT2D eigenvalue weighted by atomic mass is 35.5. The summed E-state index contributed by atoms with van der Waals surface area (Å²) in [6.45, 7) is 1.59. The number of hydrogen-bond donors (Lipinski definition) is 0. The highest BCUT2D eigenvalue weighted by Gasteiger charge is 2.62. The van der Waals surface area contributed by atoms with Gasteiger partial charge < -0.3 is 9.57 Å². The Bertz CT molecular complexity index is 1560. The van der Waals surface area contributed by atoms with Crippen molar-refractivity contribution in [3.63, 3.8) is 0 Å². The molecule has 5 rings (SSSR count). The van der Waals surface area contributed by atoms with Crippen LogP contribution in [0.3, 0.4) is 0 Å². The van der Waals surface area contributed by atoms with E-state index in [1.165, 1.54) is 30.5 Å². The molecule has 2 heterocycles. The SMILES string of the molecule is COC(=O)N(C(=O)c1ccc(C2=NOC(c3cc(Cl)cc(Cl)c3)(C(F)(F)F)C2)cc1C)C1=N/C=C(Cl)\C=C2/CC2C1. The maximum atomic E-state index is 14.4. The molecule has 1 saturated carbocycles. The van der Waals surface area contributed by atoms with Crippen molar-refractivity contribution in [1.82, 2.24) is 4.90 Å². The average Bonchev–Trinajstić information content (AvgIpc) is 3.41. The Kier molecular flexibility index (Phi) is 7.69. The van der Waals surface area contributed by atoms with Crippen LogP contribution >= 0.6 is 34.8 Å². The second kappa shape index (κ2) is 10.8. The lowest BCUT2D eigenvalue weighted by atomic mass is 9.86. The number of carbonyl (C=O) groups is 2.